The highest BCUT2D eigenvalue weighted by molar-refractivity contribution is 5.96. The number of para-hydroxylation sites is 1. The molecule has 0 aliphatic carbocycles. The van der Waals surface area contributed by atoms with Crippen LogP contribution in [0.2, 0.25) is 0 Å². The van der Waals surface area contributed by atoms with Crippen molar-refractivity contribution in [2.75, 3.05) is 11.4 Å². The Labute approximate surface area is 98.2 Å². The predicted molar refractivity (Wildman–Crippen MR) is 65.4 cm³/mol. The summed E-state index contributed by atoms with van der Waals surface area (Å²) in [5, 5.41) is 2.49. The van der Waals surface area contributed by atoms with Gasteiger partial charge in [0, 0.05) is 29.9 Å². The van der Waals surface area contributed by atoms with E-state index in [2.05, 4.69) is 11.3 Å². The summed E-state index contributed by atoms with van der Waals surface area (Å²) in [7, 11) is 0. The summed E-state index contributed by atoms with van der Waals surface area (Å²) in [4.78, 5) is 23.7. The maximum Gasteiger partial charge on any atom is 0.314 e. The molecule has 1 aromatic carbocycles. The van der Waals surface area contributed by atoms with Crippen LogP contribution in [0.3, 0.4) is 0 Å². The highest BCUT2D eigenvalue weighted by Crippen LogP contribution is 2.35. The fourth-order valence-electron chi connectivity index (χ4n) is 2.37. The second kappa shape index (κ2) is 3.66. The van der Waals surface area contributed by atoms with Crippen molar-refractivity contribution in [1.29, 1.82) is 0 Å². The van der Waals surface area contributed by atoms with Gasteiger partial charge >= 0.3 is 5.91 Å². The fourth-order valence-corrected chi connectivity index (χ4v) is 2.37. The second-order valence-corrected chi connectivity index (χ2v) is 4.14. The monoisotopic (exact) mass is 226 g/mol. The number of hydrogen-bond acceptors (Lipinski definition) is 3. The Morgan fingerprint density at radius 3 is 3.06 bits per heavy atom. The van der Waals surface area contributed by atoms with E-state index in [1.54, 1.807) is 6.20 Å². The Balaban J connectivity index is 2.12. The summed E-state index contributed by atoms with van der Waals surface area (Å²) in [6, 6.07) is 5.99. The lowest BCUT2D eigenvalue weighted by atomic mass is 9.94. The number of amides is 1. The highest BCUT2D eigenvalue weighted by Gasteiger charge is 2.24. The summed E-state index contributed by atoms with van der Waals surface area (Å²) >= 11 is 0. The van der Waals surface area contributed by atoms with Crippen molar-refractivity contribution in [2.24, 2.45) is 5.18 Å². The van der Waals surface area contributed by atoms with Crippen LogP contribution in [0.1, 0.15) is 11.1 Å². The molecule has 0 radical (unpaired) electrons. The molecule has 17 heavy (non-hydrogen) atoms. The van der Waals surface area contributed by atoms with Crippen molar-refractivity contribution in [1.82, 2.24) is 0 Å². The summed E-state index contributed by atoms with van der Waals surface area (Å²) in [6.07, 6.45) is 6.33. The zero-order valence-corrected chi connectivity index (χ0v) is 9.09. The first-order valence-electron chi connectivity index (χ1n) is 5.43. The van der Waals surface area contributed by atoms with E-state index in [9.17, 15) is 9.70 Å². The third-order valence-corrected chi connectivity index (χ3v) is 3.09. The lowest BCUT2D eigenvalue weighted by Crippen LogP contribution is -2.26. The van der Waals surface area contributed by atoms with E-state index >= 15 is 0 Å². The van der Waals surface area contributed by atoms with Gasteiger partial charge < -0.3 is 4.90 Å². The van der Waals surface area contributed by atoms with E-state index in [1.807, 2.05) is 29.2 Å². The van der Waals surface area contributed by atoms with Gasteiger partial charge in [0.05, 0.1) is 5.69 Å². The molecule has 0 saturated carbocycles. The van der Waals surface area contributed by atoms with Crippen molar-refractivity contribution >= 4 is 17.7 Å². The molecular formula is C13H10N2O2. The van der Waals surface area contributed by atoms with Gasteiger partial charge in [0.25, 0.3) is 0 Å². The number of rotatable bonds is 1. The first-order valence-corrected chi connectivity index (χ1v) is 5.43. The number of nitroso groups, excluding NO2 is 1. The summed E-state index contributed by atoms with van der Waals surface area (Å²) < 4.78 is 0. The minimum absolute atomic E-state index is 0.458. The molecule has 84 valence electrons. The lowest BCUT2D eigenvalue weighted by Gasteiger charge is -2.31. The predicted octanol–water partition coefficient (Wildman–Crippen LogP) is 2.25. The molecule has 1 aromatic rings. The van der Waals surface area contributed by atoms with Crippen molar-refractivity contribution in [3.63, 3.8) is 0 Å². The van der Waals surface area contributed by atoms with Crippen LogP contribution in [0.15, 0.2) is 41.2 Å². The molecule has 0 bridgehead atoms. The van der Waals surface area contributed by atoms with E-state index < -0.39 is 5.91 Å². The first-order chi connectivity index (χ1) is 8.29. The van der Waals surface area contributed by atoms with E-state index in [0.29, 0.717) is 12.0 Å². The molecule has 0 N–H and O–H groups in total. The van der Waals surface area contributed by atoms with E-state index in [-0.39, 0.29) is 0 Å². The van der Waals surface area contributed by atoms with Crippen LogP contribution in [0.5, 0.6) is 0 Å². The van der Waals surface area contributed by atoms with Gasteiger partial charge in [0.2, 0.25) is 0 Å². The number of nitrogens with zero attached hydrogens (tertiary/aromatic N) is 2. The summed E-state index contributed by atoms with van der Waals surface area (Å²) in [5.41, 5.74) is 3.81. The normalized spacial score (nSPS) is 16.2. The largest absolute Gasteiger partial charge is 0.343 e. The van der Waals surface area contributed by atoms with Gasteiger partial charge in [-0.2, -0.15) is 0 Å². The number of hydrogen-bond donors (Lipinski definition) is 0. The third kappa shape index (κ3) is 1.49. The quantitative estimate of drug-likeness (QED) is 0.690. The zero-order chi connectivity index (χ0) is 11.8. The Hall–Kier alpha value is -2.23. The second-order valence-electron chi connectivity index (χ2n) is 4.14. The SMILES string of the molecule is O=NC(=O)C1=CN2CC=Cc3cccc(c32)C1. The minimum Gasteiger partial charge on any atom is -0.343 e. The Morgan fingerprint density at radius 2 is 2.24 bits per heavy atom. The van der Waals surface area contributed by atoms with Crippen LogP contribution >= 0.6 is 0 Å². The van der Waals surface area contributed by atoms with Crippen molar-refractivity contribution < 1.29 is 4.79 Å². The maximum atomic E-state index is 11.3. The minimum atomic E-state index is -0.671. The van der Waals surface area contributed by atoms with E-state index in [0.717, 1.165) is 23.4 Å². The highest BCUT2D eigenvalue weighted by atomic mass is 16.3. The summed E-state index contributed by atoms with van der Waals surface area (Å²) in [5.74, 6) is -0.671. The molecule has 4 heteroatoms. The topological polar surface area (TPSA) is 49.7 Å². The molecular weight excluding hydrogens is 216 g/mol. The standard InChI is InChI=1S/C13H10N2O2/c16-13(14-17)11-7-10-4-1-3-9-5-2-6-15(8-11)12(9)10/h1-5,8H,6-7H2. The van der Waals surface area contributed by atoms with Crippen molar-refractivity contribution in [3.8, 4) is 0 Å². The molecule has 4 nitrogen and oxygen atoms in total. The van der Waals surface area contributed by atoms with E-state index in [4.69, 9.17) is 0 Å². The number of anilines is 1. The van der Waals surface area contributed by atoms with Gasteiger partial charge in [-0.1, -0.05) is 30.4 Å². The maximum absolute atomic E-state index is 11.3. The molecule has 0 atom stereocenters. The fraction of sp³-hybridized carbons (Fsp3) is 0.154. The Kier molecular flexibility index (Phi) is 2.14. The van der Waals surface area contributed by atoms with Crippen LogP contribution in [0, 0.1) is 4.91 Å². The van der Waals surface area contributed by atoms with E-state index in [1.165, 1.54) is 0 Å². The van der Waals surface area contributed by atoms with Crippen molar-refractivity contribution in [3.05, 3.63) is 52.1 Å². The molecule has 0 unspecified atom stereocenters. The van der Waals surface area contributed by atoms with Gasteiger partial charge in [0.15, 0.2) is 0 Å². The number of benzene rings is 1. The summed E-state index contributed by atoms with van der Waals surface area (Å²) in [6.45, 7) is 0.722. The van der Waals surface area contributed by atoms with Gasteiger partial charge in [-0.3, -0.25) is 4.79 Å². The number of carbonyl (C=O) groups excluding carboxylic acids is 1. The van der Waals surface area contributed by atoms with Crippen LogP contribution < -0.4 is 4.90 Å². The van der Waals surface area contributed by atoms with Crippen LogP contribution in [0.25, 0.3) is 6.08 Å². The molecule has 0 aromatic heterocycles. The average Bonchev–Trinajstić information content (AvgIpc) is 2.38. The first kappa shape index (κ1) is 9.96. The molecule has 2 aliphatic rings. The van der Waals surface area contributed by atoms with Crippen LogP contribution in [-0.4, -0.2) is 12.5 Å². The molecule has 2 aliphatic heterocycles. The molecule has 1 amide bonds. The third-order valence-electron chi connectivity index (χ3n) is 3.09. The molecule has 0 spiro atoms. The van der Waals surface area contributed by atoms with Gasteiger partial charge in [-0.25, -0.2) is 0 Å². The van der Waals surface area contributed by atoms with Crippen LogP contribution in [0.4, 0.5) is 5.69 Å². The van der Waals surface area contributed by atoms with Crippen LogP contribution in [-0.2, 0) is 11.2 Å². The lowest BCUT2D eigenvalue weighted by molar-refractivity contribution is -0.114. The smallest absolute Gasteiger partial charge is 0.314 e. The van der Waals surface area contributed by atoms with Gasteiger partial charge in [0.1, 0.15) is 0 Å². The molecule has 3 rings (SSSR count). The molecule has 2 heterocycles. The molecule has 0 saturated heterocycles. The Morgan fingerprint density at radius 1 is 1.35 bits per heavy atom. The average molecular weight is 226 g/mol. The van der Waals surface area contributed by atoms with Gasteiger partial charge in [-0.15, -0.1) is 4.91 Å². The van der Waals surface area contributed by atoms with Crippen molar-refractivity contribution in [2.45, 2.75) is 6.42 Å². The van der Waals surface area contributed by atoms with Gasteiger partial charge in [-0.05, 0) is 11.1 Å². The Bertz CT molecular complexity index is 573. The zero-order valence-electron chi connectivity index (χ0n) is 9.09. The molecule has 0 fully saturated rings. The number of carbonyl (C=O) groups is 1.